The minimum atomic E-state index is -0.560. The van der Waals surface area contributed by atoms with Crippen LogP contribution in [0.3, 0.4) is 0 Å². The fourth-order valence-electron chi connectivity index (χ4n) is 4.37. The van der Waals surface area contributed by atoms with Crippen LogP contribution in [0.5, 0.6) is 0 Å². The zero-order chi connectivity index (χ0) is 23.1. The van der Waals surface area contributed by atoms with Gasteiger partial charge < -0.3 is 15.6 Å². The lowest BCUT2D eigenvalue weighted by molar-refractivity contribution is 0.584. The molecule has 0 amide bonds. The van der Waals surface area contributed by atoms with Crippen molar-refractivity contribution < 1.29 is 8.78 Å². The number of H-pyrrole nitrogens is 1. The van der Waals surface area contributed by atoms with Crippen LogP contribution in [0.25, 0.3) is 33.3 Å². The molecule has 0 aliphatic carbocycles. The Bertz CT molecular complexity index is 1510. The summed E-state index contributed by atoms with van der Waals surface area (Å²) >= 11 is 0. The number of anilines is 2. The van der Waals surface area contributed by atoms with E-state index in [9.17, 15) is 8.78 Å². The predicted molar refractivity (Wildman–Crippen MR) is 128 cm³/mol. The number of nitrogens with zero attached hydrogens (tertiary/aromatic N) is 3. The Morgan fingerprint density at radius 3 is 2.71 bits per heavy atom. The summed E-state index contributed by atoms with van der Waals surface area (Å²) in [6.07, 6.45) is 5.92. The van der Waals surface area contributed by atoms with Gasteiger partial charge in [0.15, 0.2) is 0 Å². The van der Waals surface area contributed by atoms with Crippen LogP contribution in [0.15, 0.2) is 67.1 Å². The maximum absolute atomic E-state index is 13.8. The van der Waals surface area contributed by atoms with Crippen molar-refractivity contribution in [1.29, 1.82) is 0 Å². The zero-order valence-electron chi connectivity index (χ0n) is 18.1. The van der Waals surface area contributed by atoms with Crippen LogP contribution < -0.4 is 10.6 Å². The van der Waals surface area contributed by atoms with E-state index in [2.05, 4.69) is 37.7 Å². The molecule has 0 saturated carbocycles. The van der Waals surface area contributed by atoms with Crippen LogP contribution in [0, 0.1) is 11.8 Å². The van der Waals surface area contributed by atoms with Crippen LogP contribution >= 0.6 is 0 Å². The molecule has 1 aliphatic heterocycles. The third kappa shape index (κ3) is 3.78. The fourth-order valence-corrected chi connectivity index (χ4v) is 4.37. The highest BCUT2D eigenvalue weighted by Gasteiger charge is 2.17. The second-order valence-electron chi connectivity index (χ2n) is 8.25. The molecule has 6 rings (SSSR count). The van der Waals surface area contributed by atoms with Gasteiger partial charge in [-0.3, -0.25) is 0 Å². The number of aromatic nitrogens is 4. The summed E-state index contributed by atoms with van der Waals surface area (Å²) in [4.78, 5) is 16.2. The van der Waals surface area contributed by atoms with E-state index < -0.39 is 5.95 Å². The molecule has 0 spiro atoms. The highest BCUT2D eigenvalue weighted by molar-refractivity contribution is 5.98. The lowest BCUT2D eigenvalue weighted by Crippen LogP contribution is -2.23. The van der Waals surface area contributed by atoms with Crippen molar-refractivity contribution >= 4 is 22.5 Å². The molecule has 5 aromatic rings. The summed E-state index contributed by atoms with van der Waals surface area (Å²) in [5.41, 5.74) is 6.96. The van der Waals surface area contributed by atoms with Crippen LogP contribution in [-0.4, -0.2) is 26.5 Å². The molecule has 6 nitrogen and oxygen atoms in total. The maximum Gasteiger partial charge on any atom is 0.227 e. The molecular formula is C26H20F2N6. The lowest BCUT2D eigenvalue weighted by atomic mass is 10.0. The Labute approximate surface area is 194 Å². The smallest absolute Gasteiger partial charge is 0.227 e. The number of fused-ring (bicyclic) bond motifs is 2. The van der Waals surface area contributed by atoms with Crippen molar-refractivity contribution in [2.24, 2.45) is 0 Å². The first-order valence-electron chi connectivity index (χ1n) is 11.0. The second kappa shape index (κ2) is 8.31. The summed E-state index contributed by atoms with van der Waals surface area (Å²) in [6.45, 7) is 1.83. The van der Waals surface area contributed by atoms with Gasteiger partial charge in [0, 0.05) is 58.4 Å². The van der Waals surface area contributed by atoms with E-state index in [-0.39, 0.29) is 5.82 Å². The lowest BCUT2D eigenvalue weighted by Gasteiger charge is -2.18. The second-order valence-corrected chi connectivity index (χ2v) is 8.25. The SMILES string of the molecule is Fc1ccc2c(-c3nc(Nc4ccc5c(c4)CCNC5)ncc3-c3ccc(F)nc3)c[nH]c2c1. The number of rotatable bonds is 4. The topological polar surface area (TPSA) is 78.5 Å². The number of hydrogen-bond donors (Lipinski definition) is 3. The molecule has 4 heterocycles. The number of hydrogen-bond acceptors (Lipinski definition) is 5. The fraction of sp³-hybridized carbons (Fsp3) is 0.115. The first kappa shape index (κ1) is 20.4. The van der Waals surface area contributed by atoms with Gasteiger partial charge in [0.2, 0.25) is 11.9 Å². The van der Waals surface area contributed by atoms with Gasteiger partial charge >= 0.3 is 0 Å². The van der Waals surface area contributed by atoms with Crippen molar-refractivity contribution in [3.8, 4) is 22.4 Å². The highest BCUT2D eigenvalue weighted by Crippen LogP contribution is 2.35. The molecule has 0 fully saturated rings. The van der Waals surface area contributed by atoms with Crippen molar-refractivity contribution in [3.05, 3.63) is 90.0 Å². The zero-order valence-corrected chi connectivity index (χ0v) is 18.1. The largest absolute Gasteiger partial charge is 0.360 e. The molecule has 0 saturated heterocycles. The van der Waals surface area contributed by atoms with Crippen LogP contribution in [0.2, 0.25) is 0 Å². The van der Waals surface area contributed by atoms with Gasteiger partial charge in [-0.1, -0.05) is 6.07 Å². The Morgan fingerprint density at radius 2 is 1.82 bits per heavy atom. The average molecular weight is 454 g/mol. The average Bonchev–Trinajstić information content (AvgIpc) is 3.27. The molecule has 2 aromatic carbocycles. The summed E-state index contributed by atoms with van der Waals surface area (Å²) < 4.78 is 27.2. The quantitative estimate of drug-likeness (QED) is 0.319. The van der Waals surface area contributed by atoms with Gasteiger partial charge in [-0.15, -0.1) is 0 Å². The van der Waals surface area contributed by atoms with Gasteiger partial charge in [0.1, 0.15) is 5.82 Å². The van der Waals surface area contributed by atoms with E-state index >= 15 is 0 Å². The maximum atomic E-state index is 13.8. The van der Waals surface area contributed by atoms with Crippen LogP contribution in [-0.2, 0) is 13.0 Å². The van der Waals surface area contributed by atoms with E-state index in [0.29, 0.717) is 28.3 Å². The molecule has 34 heavy (non-hydrogen) atoms. The van der Waals surface area contributed by atoms with Gasteiger partial charge in [-0.25, -0.2) is 19.3 Å². The van der Waals surface area contributed by atoms with Gasteiger partial charge in [-0.2, -0.15) is 4.39 Å². The first-order valence-corrected chi connectivity index (χ1v) is 11.0. The monoisotopic (exact) mass is 454 g/mol. The molecule has 0 atom stereocenters. The summed E-state index contributed by atoms with van der Waals surface area (Å²) in [6, 6.07) is 13.8. The molecule has 0 radical (unpaired) electrons. The third-order valence-corrected chi connectivity index (χ3v) is 6.08. The molecule has 3 N–H and O–H groups in total. The Balaban J connectivity index is 1.45. The van der Waals surface area contributed by atoms with E-state index in [1.54, 1.807) is 24.5 Å². The van der Waals surface area contributed by atoms with E-state index in [1.807, 2.05) is 6.07 Å². The number of nitrogens with one attached hydrogen (secondary N) is 3. The Morgan fingerprint density at radius 1 is 0.882 bits per heavy atom. The Kier molecular flexibility index (Phi) is 5.00. The third-order valence-electron chi connectivity index (χ3n) is 6.08. The minimum Gasteiger partial charge on any atom is -0.360 e. The van der Waals surface area contributed by atoms with Gasteiger partial charge in [0.05, 0.1) is 5.69 Å². The van der Waals surface area contributed by atoms with Crippen molar-refractivity contribution in [2.75, 3.05) is 11.9 Å². The predicted octanol–water partition coefficient (Wildman–Crippen LogP) is 5.35. The molecule has 8 heteroatoms. The van der Waals surface area contributed by atoms with Crippen LogP contribution in [0.1, 0.15) is 11.1 Å². The minimum absolute atomic E-state index is 0.323. The van der Waals surface area contributed by atoms with Crippen molar-refractivity contribution in [3.63, 3.8) is 0 Å². The number of benzene rings is 2. The molecule has 3 aromatic heterocycles. The van der Waals surface area contributed by atoms with E-state index in [1.165, 1.54) is 35.5 Å². The molecular weight excluding hydrogens is 434 g/mol. The molecule has 168 valence electrons. The van der Waals surface area contributed by atoms with E-state index in [0.717, 1.165) is 36.1 Å². The standard InChI is InChI=1S/C26H20F2N6/c27-18-3-5-20-22(14-30-23(20)10-18)25-21(17-2-6-24(28)31-12-17)13-32-26(34-25)33-19-4-1-16-11-29-8-7-15(16)9-19/h1-6,9-10,12-14,29-30H,7-8,11H2,(H,32,33,34). The van der Waals surface area contributed by atoms with E-state index in [4.69, 9.17) is 4.98 Å². The summed E-state index contributed by atoms with van der Waals surface area (Å²) in [7, 11) is 0. The van der Waals surface area contributed by atoms with Gasteiger partial charge in [0.25, 0.3) is 0 Å². The van der Waals surface area contributed by atoms with Crippen molar-refractivity contribution in [1.82, 2.24) is 25.3 Å². The molecule has 0 unspecified atom stereocenters. The van der Waals surface area contributed by atoms with Crippen LogP contribution in [0.4, 0.5) is 20.4 Å². The molecule has 0 bridgehead atoms. The first-order chi connectivity index (χ1) is 16.6. The Hall–Kier alpha value is -4.17. The summed E-state index contributed by atoms with van der Waals surface area (Å²) in [5.74, 6) is -0.453. The number of aromatic amines is 1. The summed E-state index contributed by atoms with van der Waals surface area (Å²) in [5, 5.41) is 7.51. The van der Waals surface area contributed by atoms with Gasteiger partial charge in [-0.05, 0) is 66.6 Å². The molecule has 1 aliphatic rings. The normalized spacial score (nSPS) is 13.1. The number of pyridine rings is 1. The number of halogens is 2. The highest BCUT2D eigenvalue weighted by atomic mass is 19.1. The van der Waals surface area contributed by atoms with Crippen molar-refractivity contribution in [2.45, 2.75) is 13.0 Å².